The van der Waals surface area contributed by atoms with Crippen LogP contribution in [0.3, 0.4) is 0 Å². The van der Waals surface area contributed by atoms with Gasteiger partial charge in [-0.1, -0.05) is 18.6 Å². The molecule has 2 atom stereocenters. The SMILES string of the molecule is C1CC2CCC(C1)N2.CNc1ncc2c(n1)OCc1cc(-c3cn[nH]c3)ccc1-2. The van der Waals surface area contributed by atoms with Crippen LogP contribution in [0.25, 0.3) is 22.3 Å². The van der Waals surface area contributed by atoms with Gasteiger partial charge in [-0.2, -0.15) is 10.1 Å². The van der Waals surface area contributed by atoms with Crippen molar-refractivity contribution in [3.63, 3.8) is 0 Å². The first-order chi connectivity index (χ1) is 14.3. The first-order valence-electron chi connectivity index (χ1n) is 10.4. The molecule has 5 heterocycles. The predicted molar refractivity (Wildman–Crippen MR) is 113 cm³/mol. The second-order valence-corrected chi connectivity index (χ2v) is 7.88. The molecule has 3 N–H and O–H groups in total. The summed E-state index contributed by atoms with van der Waals surface area (Å²) in [7, 11) is 1.79. The number of rotatable bonds is 2. The third-order valence-corrected chi connectivity index (χ3v) is 6.01. The number of hydrogen-bond donors (Lipinski definition) is 3. The number of benzene rings is 1. The van der Waals surface area contributed by atoms with Crippen LogP contribution in [0.5, 0.6) is 5.88 Å². The lowest BCUT2D eigenvalue weighted by molar-refractivity contribution is 0.290. The van der Waals surface area contributed by atoms with Gasteiger partial charge in [0, 0.05) is 37.1 Å². The van der Waals surface area contributed by atoms with Gasteiger partial charge in [-0.3, -0.25) is 5.10 Å². The summed E-state index contributed by atoms with van der Waals surface area (Å²) in [4.78, 5) is 8.61. The van der Waals surface area contributed by atoms with E-state index in [0.29, 0.717) is 18.4 Å². The first kappa shape index (κ1) is 18.1. The van der Waals surface area contributed by atoms with E-state index >= 15 is 0 Å². The molecule has 0 radical (unpaired) electrons. The normalized spacial score (nSPS) is 21.3. The average Bonchev–Trinajstić information content (AvgIpc) is 3.43. The van der Waals surface area contributed by atoms with Gasteiger partial charge in [0.15, 0.2) is 0 Å². The summed E-state index contributed by atoms with van der Waals surface area (Å²) in [6.07, 6.45) is 12.7. The minimum atomic E-state index is 0.508. The number of nitrogens with one attached hydrogen (secondary N) is 3. The summed E-state index contributed by atoms with van der Waals surface area (Å²) < 4.78 is 5.75. The molecule has 3 aliphatic rings. The number of nitrogens with zero attached hydrogens (tertiary/aromatic N) is 3. The number of hydrogen-bond acceptors (Lipinski definition) is 6. The Labute approximate surface area is 170 Å². The quantitative estimate of drug-likeness (QED) is 0.618. The van der Waals surface area contributed by atoms with Crippen molar-refractivity contribution >= 4 is 5.95 Å². The molecule has 2 bridgehead atoms. The zero-order chi connectivity index (χ0) is 19.6. The summed E-state index contributed by atoms with van der Waals surface area (Å²) in [6, 6.07) is 8.10. The molecule has 7 nitrogen and oxygen atoms in total. The summed E-state index contributed by atoms with van der Waals surface area (Å²) >= 11 is 0. The molecule has 0 amide bonds. The average molecular weight is 390 g/mol. The maximum absolute atomic E-state index is 5.75. The van der Waals surface area contributed by atoms with Gasteiger partial charge in [0.2, 0.25) is 11.8 Å². The molecule has 0 aliphatic carbocycles. The van der Waals surface area contributed by atoms with Gasteiger partial charge in [0.05, 0.1) is 11.8 Å². The summed E-state index contributed by atoms with van der Waals surface area (Å²) in [5.41, 5.74) is 5.34. The lowest BCUT2D eigenvalue weighted by Crippen LogP contribution is -2.33. The van der Waals surface area contributed by atoms with Crippen molar-refractivity contribution < 1.29 is 4.74 Å². The molecule has 1 aromatic carbocycles. The second-order valence-electron chi connectivity index (χ2n) is 7.88. The van der Waals surface area contributed by atoms with E-state index in [0.717, 1.165) is 39.9 Å². The van der Waals surface area contributed by atoms with Crippen molar-refractivity contribution in [2.75, 3.05) is 12.4 Å². The van der Waals surface area contributed by atoms with Gasteiger partial charge >= 0.3 is 0 Å². The molecule has 0 saturated carbocycles. The Morgan fingerprint density at radius 2 is 1.90 bits per heavy atom. The number of ether oxygens (including phenoxy) is 1. The Morgan fingerprint density at radius 1 is 1.03 bits per heavy atom. The molecule has 7 heteroatoms. The molecule has 2 saturated heterocycles. The van der Waals surface area contributed by atoms with E-state index in [2.05, 4.69) is 49.0 Å². The monoisotopic (exact) mass is 390 g/mol. The smallest absolute Gasteiger partial charge is 0.226 e. The molecular formula is C22H26N6O. The Bertz CT molecular complexity index is 973. The van der Waals surface area contributed by atoms with Gasteiger partial charge in [-0.25, -0.2) is 4.98 Å². The van der Waals surface area contributed by atoms with Crippen LogP contribution in [-0.2, 0) is 6.61 Å². The van der Waals surface area contributed by atoms with Crippen LogP contribution < -0.4 is 15.4 Å². The molecule has 3 aliphatic heterocycles. The van der Waals surface area contributed by atoms with Crippen molar-refractivity contribution in [2.24, 2.45) is 0 Å². The van der Waals surface area contributed by atoms with Crippen molar-refractivity contribution in [3.05, 3.63) is 42.4 Å². The summed E-state index contributed by atoms with van der Waals surface area (Å²) in [5.74, 6) is 1.19. The Hall–Kier alpha value is -2.93. The highest BCUT2D eigenvalue weighted by molar-refractivity contribution is 5.77. The zero-order valence-electron chi connectivity index (χ0n) is 16.6. The van der Waals surface area contributed by atoms with Crippen LogP contribution in [-0.4, -0.2) is 39.3 Å². The van der Waals surface area contributed by atoms with E-state index in [1.54, 1.807) is 13.2 Å². The lowest BCUT2D eigenvalue weighted by Gasteiger charge is -2.20. The molecule has 2 fully saturated rings. The van der Waals surface area contributed by atoms with Crippen molar-refractivity contribution in [1.29, 1.82) is 0 Å². The molecular weight excluding hydrogens is 364 g/mol. The van der Waals surface area contributed by atoms with E-state index in [-0.39, 0.29) is 0 Å². The van der Waals surface area contributed by atoms with Crippen LogP contribution >= 0.6 is 0 Å². The second kappa shape index (κ2) is 7.83. The zero-order valence-corrected chi connectivity index (χ0v) is 16.6. The highest BCUT2D eigenvalue weighted by Gasteiger charge is 2.26. The van der Waals surface area contributed by atoms with E-state index in [4.69, 9.17) is 4.74 Å². The van der Waals surface area contributed by atoms with Crippen LogP contribution in [0.1, 0.15) is 37.7 Å². The highest BCUT2D eigenvalue weighted by atomic mass is 16.5. The topological polar surface area (TPSA) is 87.8 Å². The largest absolute Gasteiger partial charge is 0.472 e. The minimum absolute atomic E-state index is 0.508. The van der Waals surface area contributed by atoms with Crippen molar-refractivity contribution in [2.45, 2.75) is 50.8 Å². The third kappa shape index (κ3) is 3.70. The summed E-state index contributed by atoms with van der Waals surface area (Å²) in [6.45, 7) is 0.508. The maximum atomic E-state index is 5.75. The van der Waals surface area contributed by atoms with Crippen LogP contribution in [0.15, 0.2) is 36.8 Å². The Kier molecular flexibility index (Phi) is 4.89. The molecule has 2 aromatic heterocycles. The van der Waals surface area contributed by atoms with Gasteiger partial charge in [0.1, 0.15) is 6.61 Å². The van der Waals surface area contributed by atoms with Gasteiger partial charge in [-0.15, -0.1) is 0 Å². The molecule has 6 rings (SSSR count). The minimum Gasteiger partial charge on any atom is -0.472 e. The van der Waals surface area contributed by atoms with Crippen LogP contribution in [0.4, 0.5) is 5.95 Å². The molecule has 29 heavy (non-hydrogen) atoms. The molecule has 3 aromatic rings. The van der Waals surface area contributed by atoms with Crippen molar-refractivity contribution in [3.8, 4) is 28.1 Å². The number of anilines is 1. The van der Waals surface area contributed by atoms with E-state index in [1.807, 2.05) is 12.4 Å². The van der Waals surface area contributed by atoms with Crippen LogP contribution in [0.2, 0.25) is 0 Å². The lowest BCUT2D eigenvalue weighted by atomic mass is 9.96. The number of aromatic amines is 1. The van der Waals surface area contributed by atoms with E-state index in [9.17, 15) is 0 Å². The third-order valence-electron chi connectivity index (χ3n) is 6.01. The fourth-order valence-corrected chi connectivity index (χ4v) is 4.46. The fourth-order valence-electron chi connectivity index (χ4n) is 4.46. The highest BCUT2D eigenvalue weighted by Crippen LogP contribution is 2.37. The van der Waals surface area contributed by atoms with Crippen molar-refractivity contribution in [1.82, 2.24) is 25.5 Å². The Morgan fingerprint density at radius 3 is 2.62 bits per heavy atom. The summed E-state index contributed by atoms with van der Waals surface area (Å²) in [5, 5.41) is 13.3. The fraction of sp³-hybridized carbons (Fsp3) is 0.409. The van der Waals surface area contributed by atoms with Gasteiger partial charge < -0.3 is 15.4 Å². The van der Waals surface area contributed by atoms with Gasteiger partial charge in [-0.05, 0) is 48.4 Å². The molecule has 0 spiro atoms. The number of aromatic nitrogens is 4. The molecule has 2 unspecified atom stereocenters. The number of fused-ring (bicyclic) bond motifs is 5. The first-order valence-corrected chi connectivity index (χ1v) is 10.4. The number of H-pyrrole nitrogens is 1. The standard InChI is InChI=1S/C15H13N5O.C7H13N/c1-16-15-17-7-13-12-3-2-9(11-5-18-19-6-11)4-10(12)8-21-14(13)20-15;1-2-6-4-5-7(3-1)8-6/h2-7H,8H2,1H3,(H,18,19)(H,16,17,20);6-8H,1-5H2. The van der Waals surface area contributed by atoms with E-state index < -0.39 is 0 Å². The van der Waals surface area contributed by atoms with E-state index in [1.165, 1.54) is 32.1 Å². The molecule has 150 valence electrons. The van der Waals surface area contributed by atoms with Crippen LogP contribution in [0, 0.1) is 0 Å². The maximum Gasteiger partial charge on any atom is 0.226 e. The Balaban J connectivity index is 0.000000189. The number of piperidine rings is 1. The van der Waals surface area contributed by atoms with Gasteiger partial charge in [0.25, 0.3) is 0 Å². The predicted octanol–water partition coefficient (Wildman–Crippen LogP) is 3.76.